The molecule has 0 aromatic carbocycles. The van der Waals surface area contributed by atoms with E-state index < -0.39 is 12.1 Å². The molecule has 0 bridgehead atoms. The fourth-order valence-corrected chi connectivity index (χ4v) is 3.03. The van der Waals surface area contributed by atoms with Gasteiger partial charge in [0.1, 0.15) is 6.61 Å². The molecule has 0 spiro atoms. The number of hydrogen-bond acceptors (Lipinski definition) is 4. The van der Waals surface area contributed by atoms with Crippen molar-refractivity contribution in [1.29, 1.82) is 0 Å². The molecule has 0 aromatic heterocycles. The Morgan fingerprint density at radius 2 is 1.46 bits per heavy atom. The van der Waals surface area contributed by atoms with Gasteiger partial charge in [0.25, 0.3) is 0 Å². The zero-order valence-corrected chi connectivity index (χ0v) is 18.4. The summed E-state index contributed by atoms with van der Waals surface area (Å²) in [6.45, 7) is 7.41. The van der Waals surface area contributed by atoms with Gasteiger partial charge in [-0.05, 0) is 32.1 Å². The molecule has 4 heteroatoms. The summed E-state index contributed by atoms with van der Waals surface area (Å²) in [5, 5.41) is 9.11. The van der Waals surface area contributed by atoms with Gasteiger partial charge in [0.2, 0.25) is 0 Å². The lowest BCUT2D eigenvalue weighted by molar-refractivity contribution is -0.151. The monoisotopic (exact) mass is 396 g/mol. The minimum Gasteiger partial charge on any atom is -0.495 e. The molecule has 1 N–H and O–H groups in total. The molecule has 0 saturated carbocycles. The normalized spacial score (nSPS) is 12.2. The second kappa shape index (κ2) is 20.4. The minimum absolute atomic E-state index is 0.167. The summed E-state index contributed by atoms with van der Waals surface area (Å²) in [7, 11) is 0. The van der Waals surface area contributed by atoms with Gasteiger partial charge in [-0.1, -0.05) is 77.0 Å². The Hall–Kier alpha value is -1.29. The topological polar surface area (TPSA) is 55.8 Å². The summed E-state index contributed by atoms with van der Waals surface area (Å²) in [6.07, 6.45) is 21.6. The van der Waals surface area contributed by atoms with Crippen LogP contribution in [-0.4, -0.2) is 30.4 Å². The lowest BCUT2D eigenvalue weighted by Gasteiger charge is -2.16. The summed E-state index contributed by atoms with van der Waals surface area (Å²) in [6, 6.07) is 0. The van der Waals surface area contributed by atoms with Crippen molar-refractivity contribution in [2.24, 2.45) is 0 Å². The molecule has 1 atom stereocenters. The number of esters is 1. The minimum atomic E-state index is -0.608. The van der Waals surface area contributed by atoms with Crippen molar-refractivity contribution < 1.29 is 19.4 Å². The molecule has 4 nitrogen and oxygen atoms in total. The molecular weight excluding hydrogens is 352 g/mol. The molecule has 164 valence electrons. The van der Waals surface area contributed by atoms with Crippen LogP contribution < -0.4 is 0 Å². The molecule has 0 aromatic rings. The van der Waals surface area contributed by atoms with Gasteiger partial charge in [-0.2, -0.15) is 0 Å². The van der Waals surface area contributed by atoms with Crippen LogP contribution in [0.4, 0.5) is 0 Å². The fourth-order valence-electron chi connectivity index (χ4n) is 3.03. The van der Waals surface area contributed by atoms with Crippen LogP contribution in [0.5, 0.6) is 0 Å². The zero-order chi connectivity index (χ0) is 20.9. The van der Waals surface area contributed by atoms with Crippen LogP contribution in [0.3, 0.4) is 0 Å². The zero-order valence-electron chi connectivity index (χ0n) is 18.4. The second-order valence-electron chi connectivity index (χ2n) is 7.60. The molecule has 0 rings (SSSR count). The molecular formula is C24H44O4. The first-order chi connectivity index (χ1) is 13.6. The van der Waals surface area contributed by atoms with Crippen LogP contribution >= 0.6 is 0 Å². The van der Waals surface area contributed by atoms with E-state index >= 15 is 0 Å². The summed E-state index contributed by atoms with van der Waals surface area (Å²) in [4.78, 5) is 10.9. The predicted octanol–water partition coefficient (Wildman–Crippen LogP) is 6.48. The smallest absolute Gasteiger partial charge is 0.303 e. The maximum atomic E-state index is 10.9. The standard InChI is InChI=1S/C24H44O4/c1-4-5-6-7-8-9-10-11-12-13-14-15-16-17-18-19-22(2)27-21-24(20-25)28-23(3)26/h11-12,24-25H,2,4-10,13-21H2,1,3H3/b12-11-. The van der Waals surface area contributed by atoms with E-state index in [0.717, 1.165) is 12.8 Å². The third kappa shape index (κ3) is 19.5. The lowest BCUT2D eigenvalue weighted by atomic mass is 10.1. The van der Waals surface area contributed by atoms with Gasteiger partial charge in [-0.25, -0.2) is 0 Å². The average Bonchev–Trinajstić information content (AvgIpc) is 2.67. The van der Waals surface area contributed by atoms with Crippen molar-refractivity contribution in [3.05, 3.63) is 24.5 Å². The average molecular weight is 397 g/mol. The molecule has 0 saturated heterocycles. The van der Waals surface area contributed by atoms with Crippen LogP contribution in [0.25, 0.3) is 0 Å². The van der Waals surface area contributed by atoms with Crippen molar-refractivity contribution in [2.75, 3.05) is 13.2 Å². The molecule has 0 aliphatic rings. The number of aliphatic hydroxyl groups excluding tert-OH is 1. The van der Waals surface area contributed by atoms with Crippen LogP contribution in [0.1, 0.15) is 104 Å². The highest BCUT2D eigenvalue weighted by atomic mass is 16.6. The Kier molecular flexibility index (Phi) is 19.5. The number of rotatable bonds is 20. The first kappa shape index (κ1) is 26.7. The van der Waals surface area contributed by atoms with Crippen molar-refractivity contribution in [3.8, 4) is 0 Å². The summed E-state index contributed by atoms with van der Waals surface area (Å²) in [5.41, 5.74) is 0. The van der Waals surface area contributed by atoms with Gasteiger partial charge >= 0.3 is 5.97 Å². The third-order valence-electron chi connectivity index (χ3n) is 4.73. The maximum absolute atomic E-state index is 10.9. The summed E-state index contributed by atoms with van der Waals surface area (Å²) < 4.78 is 10.4. The van der Waals surface area contributed by atoms with E-state index in [1.54, 1.807) is 0 Å². The fraction of sp³-hybridized carbons (Fsp3) is 0.792. The Morgan fingerprint density at radius 3 is 2.00 bits per heavy atom. The van der Waals surface area contributed by atoms with Crippen molar-refractivity contribution >= 4 is 5.97 Å². The molecule has 28 heavy (non-hydrogen) atoms. The highest BCUT2D eigenvalue weighted by molar-refractivity contribution is 5.66. The van der Waals surface area contributed by atoms with Gasteiger partial charge < -0.3 is 14.6 Å². The van der Waals surface area contributed by atoms with E-state index in [9.17, 15) is 4.79 Å². The first-order valence-electron chi connectivity index (χ1n) is 11.3. The molecule has 0 aliphatic heterocycles. The molecule has 0 radical (unpaired) electrons. The Morgan fingerprint density at radius 1 is 0.929 bits per heavy atom. The molecule has 0 fully saturated rings. The van der Waals surface area contributed by atoms with Gasteiger partial charge in [0.15, 0.2) is 6.10 Å². The molecule has 0 heterocycles. The van der Waals surface area contributed by atoms with Crippen molar-refractivity contribution in [1.82, 2.24) is 0 Å². The number of unbranched alkanes of at least 4 members (excludes halogenated alkanes) is 11. The highest BCUT2D eigenvalue weighted by Gasteiger charge is 2.11. The third-order valence-corrected chi connectivity index (χ3v) is 4.73. The van der Waals surface area contributed by atoms with Crippen LogP contribution in [0.15, 0.2) is 24.5 Å². The number of carbonyl (C=O) groups excluding carboxylic acids is 1. The Labute approximate surface area is 173 Å². The van der Waals surface area contributed by atoms with E-state index in [2.05, 4.69) is 25.7 Å². The molecule has 1 unspecified atom stereocenters. The number of carbonyl (C=O) groups is 1. The van der Waals surface area contributed by atoms with Crippen LogP contribution in [0.2, 0.25) is 0 Å². The van der Waals surface area contributed by atoms with E-state index in [4.69, 9.17) is 14.6 Å². The van der Waals surface area contributed by atoms with Gasteiger partial charge in [-0.15, -0.1) is 0 Å². The summed E-state index contributed by atoms with van der Waals surface area (Å²) in [5.74, 6) is 0.286. The van der Waals surface area contributed by atoms with Gasteiger partial charge in [0.05, 0.1) is 12.4 Å². The quantitative estimate of drug-likeness (QED) is 0.111. The number of allylic oxidation sites excluding steroid dienone is 3. The van der Waals surface area contributed by atoms with E-state index in [1.807, 2.05) is 0 Å². The van der Waals surface area contributed by atoms with Crippen LogP contribution in [0, 0.1) is 0 Å². The van der Waals surface area contributed by atoms with Crippen LogP contribution in [-0.2, 0) is 14.3 Å². The predicted molar refractivity (Wildman–Crippen MR) is 117 cm³/mol. The van der Waals surface area contributed by atoms with Crippen molar-refractivity contribution in [2.45, 2.75) is 110 Å². The number of hydrogen-bond donors (Lipinski definition) is 1. The number of aliphatic hydroxyl groups is 1. The first-order valence-corrected chi connectivity index (χ1v) is 11.3. The number of ether oxygens (including phenoxy) is 2. The van der Waals surface area contributed by atoms with Gasteiger partial charge in [0, 0.05) is 13.3 Å². The maximum Gasteiger partial charge on any atom is 0.303 e. The summed E-state index contributed by atoms with van der Waals surface area (Å²) >= 11 is 0. The molecule has 0 amide bonds. The Bertz CT molecular complexity index is 403. The highest BCUT2D eigenvalue weighted by Crippen LogP contribution is 2.13. The lowest BCUT2D eigenvalue weighted by Crippen LogP contribution is -2.25. The van der Waals surface area contributed by atoms with E-state index in [1.165, 1.54) is 84.0 Å². The Balaban J connectivity index is 3.39. The van der Waals surface area contributed by atoms with E-state index in [-0.39, 0.29) is 13.2 Å². The SMILES string of the molecule is C=C(CCCCCCC/C=C\CCCCCCCC)OCC(CO)OC(C)=O. The van der Waals surface area contributed by atoms with E-state index in [0.29, 0.717) is 5.76 Å². The molecule has 0 aliphatic carbocycles. The van der Waals surface area contributed by atoms with Gasteiger partial charge in [-0.3, -0.25) is 4.79 Å². The largest absolute Gasteiger partial charge is 0.495 e. The second-order valence-corrected chi connectivity index (χ2v) is 7.60. The van der Waals surface area contributed by atoms with Crippen molar-refractivity contribution in [3.63, 3.8) is 0 Å².